The Kier molecular flexibility index (Phi) is 6.00. The van der Waals surface area contributed by atoms with E-state index in [2.05, 4.69) is 17.4 Å². The van der Waals surface area contributed by atoms with Crippen LogP contribution in [0.5, 0.6) is 0 Å². The number of carbonyl (C=O) groups is 2. The van der Waals surface area contributed by atoms with Gasteiger partial charge in [-0.2, -0.15) is 4.31 Å². The number of anilines is 1. The summed E-state index contributed by atoms with van der Waals surface area (Å²) in [7, 11) is -2.08. The number of rotatable bonds is 4. The van der Waals surface area contributed by atoms with Gasteiger partial charge in [-0.05, 0) is 80.8 Å². The highest BCUT2D eigenvalue weighted by Gasteiger charge is 2.43. The molecule has 2 aromatic rings. The van der Waals surface area contributed by atoms with Gasteiger partial charge in [0.15, 0.2) is 0 Å². The minimum Gasteiger partial charge on any atom is -0.349 e. The average molecular weight is 496 g/mol. The van der Waals surface area contributed by atoms with Gasteiger partial charge < -0.3 is 10.2 Å². The molecule has 2 aromatic carbocycles. The maximum atomic E-state index is 13.6. The van der Waals surface area contributed by atoms with E-state index in [1.54, 1.807) is 30.1 Å². The van der Waals surface area contributed by atoms with Gasteiger partial charge in [0.05, 0.1) is 22.3 Å². The summed E-state index contributed by atoms with van der Waals surface area (Å²) < 4.78 is 28.6. The Hall–Kier alpha value is -2.71. The normalized spacial score (nSPS) is 24.1. The Morgan fingerprint density at radius 3 is 2.66 bits per heavy atom. The van der Waals surface area contributed by atoms with Crippen molar-refractivity contribution in [1.29, 1.82) is 0 Å². The fraction of sp³-hybridized carbons (Fsp3) is 0.481. The first-order valence-corrected chi connectivity index (χ1v) is 13.9. The van der Waals surface area contributed by atoms with Crippen molar-refractivity contribution < 1.29 is 18.0 Å². The van der Waals surface area contributed by atoms with Crippen molar-refractivity contribution in [2.45, 2.75) is 62.3 Å². The second kappa shape index (κ2) is 8.75. The van der Waals surface area contributed by atoms with Crippen molar-refractivity contribution in [3.63, 3.8) is 0 Å². The van der Waals surface area contributed by atoms with Gasteiger partial charge in [-0.25, -0.2) is 8.42 Å². The highest BCUT2D eigenvalue weighted by molar-refractivity contribution is 7.89. The Balaban J connectivity index is 1.34. The van der Waals surface area contributed by atoms with Crippen LogP contribution in [0.15, 0.2) is 47.4 Å². The molecule has 2 unspecified atom stereocenters. The van der Waals surface area contributed by atoms with Crippen LogP contribution in [-0.2, 0) is 31.4 Å². The van der Waals surface area contributed by atoms with E-state index in [4.69, 9.17) is 0 Å². The smallest absolute Gasteiger partial charge is 0.243 e. The van der Waals surface area contributed by atoms with Crippen LogP contribution < -0.4 is 10.2 Å². The number of amides is 2. The molecule has 35 heavy (non-hydrogen) atoms. The first kappa shape index (κ1) is 24.0. The zero-order valence-electron chi connectivity index (χ0n) is 20.6. The number of hydrogen-bond acceptors (Lipinski definition) is 4. The number of fused-ring (bicyclic) bond motifs is 2. The van der Waals surface area contributed by atoms with Gasteiger partial charge in [0, 0.05) is 25.8 Å². The minimum absolute atomic E-state index is 0.0205. The number of benzene rings is 2. The molecule has 2 atom stereocenters. The van der Waals surface area contributed by atoms with Crippen LogP contribution in [0.4, 0.5) is 5.69 Å². The van der Waals surface area contributed by atoms with Gasteiger partial charge in [-0.15, -0.1) is 0 Å². The molecule has 2 aliphatic heterocycles. The average Bonchev–Trinajstić information content (AvgIpc) is 3.04. The van der Waals surface area contributed by atoms with E-state index in [9.17, 15) is 18.0 Å². The van der Waals surface area contributed by atoms with Crippen LogP contribution in [0.25, 0.3) is 0 Å². The highest BCUT2D eigenvalue weighted by Crippen LogP contribution is 2.42. The number of likely N-dealkylation sites (N-methyl/N-ethyl adjacent to an activating group) is 1. The predicted octanol–water partition coefficient (Wildman–Crippen LogP) is 3.54. The molecule has 0 bridgehead atoms. The molecule has 0 saturated carbocycles. The second-order valence-electron chi connectivity index (χ2n) is 10.5. The molecule has 5 rings (SSSR count). The van der Waals surface area contributed by atoms with E-state index in [0.717, 1.165) is 24.9 Å². The molecular weight excluding hydrogens is 462 g/mol. The van der Waals surface area contributed by atoms with Crippen molar-refractivity contribution >= 4 is 27.5 Å². The zero-order valence-corrected chi connectivity index (χ0v) is 21.4. The summed E-state index contributed by atoms with van der Waals surface area (Å²) in [5, 5.41) is 3.21. The van der Waals surface area contributed by atoms with Crippen LogP contribution >= 0.6 is 0 Å². The summed E-state index contributed by atoms with van der Waals surface area (Å²) in [4.78, 5) is 27.6. The van der Waals surface area contributed by atoms with E-state index in [1.165, 1.54) is 15.4 Å². The summed E-state index contributed by atoms with van der Waals surface area (Å²) in [6.45, 7) is 4.19. The van der Waals surface area contributed by atoms with E-state index < -0.39 is 15.4 Å². The lowest BCUT2D eigenvalue weighted by Gasteiger charge is -2.33. The van der Waals surface area contributed by atoms with Gasteiger partial charge in [-0.1, -0.05) is 24.3 Å². The van der Waals surface area contributed by atoms with E-state index in [0.29, 0.717) is 24.9 Å². The Morgan fingerprint density at radius 1 is 1.09 bits per heavy atom. The monoisotopic (exact) mass is 495 g/mol. The molecule has 2 amide bonds. The number of aryl methyl sites for hydroxylation is 1. The first-order valence-electron chi connectivity index (χ1n) is 12.4. The maximum Gasteiger partial charge on any atom is 0.243 e. The van der Waals surface area contributed by atoms with Crippen LogP contribution in [0.3, 0.4) is 0 Å². The quantitative estimate of drug-likeness (QED) is 0.703. The van der Waals surface area contributed by atoms with E-state index in [1.807, 2.05) is 26.0 Å². The third kappa shape index (κ3) is 4.06. The third-order valence-electron chi connectivity index (χ3n) is 7.92. The van der Waals surface area contributed by atoms with Crippen molar-refractivity contribution in [2.75, 3.05) is 25.0 Å². The number of carbonyl (C=O) groups excluding carboxylic acids is 2. The summed E-state index contributed by atoms with van der Waals surface area (Å²) >= 11 is 0. The molecule has 0 radical (unpaired) electrons. The number of nitrogens with one attached hydrogen (secondary N) is 1. The van der Waals surface area contributed by atoms with Crippen molar-refractivity contribution in [3.05, 3.63) is 59.2 Å². The Morgan fingerprint density at radius 2 is 1.86 bits per heavy atom. The fourth-order valence-electron chi connectivity index (χ4n) is 5.83. The largest absolute Gasteiger partial charge is 0.349 e. The molecule has 0 aromatic heterocycles. The SMILES string of the molecule is CN1C(=O)C(C)(C)c2cc(S(=O)(=O)N3CCCC(C(=O)NC4CCCc5ccccc54)C3)ccc21. The Labute approximate surface area is 207 Å². The molecule has 1 aliphatic carbocycles. The van der Waals surface area contributed by atoms with Gasteiger partial charge >= 0.3 is 0 Å². The van der Waals surface area contributed by atoms with Gasteiger partial charge in [-0.3, -0.25) is 9.59 Å². The van der Waals surface area contributed by atoms with Gasteiger partial charge in [0.2, 0.25) is 21.8 Å². The number of nitrogens with zero attached hydrogens (tertiary/aromatic N) is 2. The molecule has 186 valence electrons. The second-order valence-corrected chi connectivity index (χ2v) is 12.5. The van der Waals surface area contributed by atoms with Crippen molar-refractivity contribution in [3.8, 4) is 0 Å². The topological polar surface area (TPSA) is 86.8 Å². The predicted molar refractivity (Wildman–Crippen MR) is 135 cm³/mol. The lowest BCUT2D eigenvalue weighted by atomic mass is 9.86. The van der Waals surface area contributed by atoms with E-state index in [-0.39, 0.29) is 35.2 Å². The zero-order chi connectivity index (χ0) is 25.0. The summed E-state index contributed by atoms with van der Waals surface area (Å²) in [6.07, 6.45) is 4.25. The molecule has 1 fully saturated rings. The molecule has 2 heterocycles. The molecule has 3 aliphatic rings. The lowest BCUT2D eigenvalue weighted by molar-refractivity contribution is -0.127. The van der Waals surface area contributed by atoms with Crippen molar-refractivity contribution in [2.24, 2.45) is 5.92 Å². The number of sulfonamides is 1. The van der Waals surface area contributed by atoms with Crippen LogP contribution in [0.1, 0.15) is 62.3 Å². The number of hydrogen-bond donors (Lipinski definition) is 1. The number of piperidine rings is 1. The maximum absolute atomic E-state index is 13.6. The first-order chi connectivity index (χ1) is 16.6. The van der Waals surface area contributed by atoms with Crippen LogP contribution in [0.2, 0.25) is 0 Å². The summed E-state index contributed by atoms with van der Waals surface area (Å²) in [5.41, 5.74) is 3.13. The van der Waals surface area contributed by atoms with E-state index >= 15 is 0 Å². The molecule has 7 nitrogen and oxygen atoms in total. The molecule has 1 N–H and O–H groups in total. The van der Waals surface area contributed by atoms with Gasteiger partial charge in [0.25, 0.3) is 0 Å². The standard InChI is InChI=1S/C27H33N3O4S/c1-27(2)22-16-20(13-14-24(22)29(3)26(27)32)35(33,34)30-15-7-10-19(17-30)25(31)28-23-12-6-9-18-8-4-5-11-21(18)23/h4-5,8,11,13-14,16,19,23H,6-7,9-10,12,15,17H2,1-3H3,(H,28,31). The molecular formula is C27H33N3O4S. The third-order valence-corrected chi connectivity index (χ3v) is 9.78. The minimum atomic E-state index is -3.79. The van der Waals surface area contributed by atoms with Gasteiger partial charge in [0.1, 0.15) is 0 Å². The highest BCUT2D eigenvalue weighted by atomic mass is 32.2. The summed E-state index contributed by atoms with van der Waals surface area (Å²) in [6, 6.07) is 13.1. The molecule has 8 heteroatoms. The fourth-order valence-corrected chi connectivity index (χ4v) is 7.38. The van der Waals surface area contributed by atoms with Crippen molar-refractivity contribution in [1.82, 2.24) is 9.62 Å². The molecule has 0 spiro atoms. The van der Waals surface area contributed by atoms with Crippen LogP contribution in [-0.4, -0.2) is 44.7 Å². The lowest BCUT2D eigenvalue weighted by Crippen LogP contribution is -2.46. The Bertz CT molecular complexity index is 1290. The van der Waals surface area contributed by atoms with Crippen LogP contribution in [0, 0.1) is 5.92 Å². The summed E-state index contributed by atoms with van der Waals surface area (Å²) in [5.74, 6) is -0.513. The molecule has 1 saturated heterocycles.